The van der Waals surface area contributed by atoms with Gasteiger partial charge in [0.05, 0.1) is 11.9 Å². The first-order chi connectivity index (χ1) is 11.2. The minimum atomic E-state index is 0.316. The Hall–Kier alpha value is -2.47. The molecule has 0 aliphatic heterocycles. The topological polar surface area (TPSA) is 66.0 Å². The lowest BCUT2D eigenvalue weighted by Gasteiger charge is -2.06. The molecular weight excluding hydrogens is 292 g/mol. The molecular formula is C17H20N4O2. The van der Waals surface area contributed by atoms with Crippen LogP contribution in [0.15, 0.2) is 34.9 Å². The number of aromatic nitrogens is 4. The highest BCUT2D eigenvalue weighted by Crippen LogP contribution is 2.13. The molecule has 120 valence electrons. The van der Waals surface area contributed by atoms with E-state index in [0.29, 0.717) is 19.1 Å². The molecule has 0 amide bonds. The largest absolute Gasteiger partial charge is 0.443 e. The zero-order chi connectivity index (χ0) is 16.2. The summed E-state index contributed by atoms with van der Waals surface area (Å²) < 4.78 is 12.9. The van der Waals surface area contributed by atoms with Gasteiger partial charge in [-0.3, -0.25) is 0 Å². The predicted molar refractivity (Wildman–Crippen MR) is 85.2 cm³/mol. The second kappa shape index (κ2) is 6.75. The number of oxazole rings is 1. The molecule has 0 bridgehead atoms. The van der Waals surface area contributed by atoms with Crippen LogP contribution in [0.5, 0.6) is 0 Å². The molecule has 0 spiro atoms. The molecule has 3 aromatic rings. The summed E-state index contributed by atoms with van der Waals surface area (Å²) in [4.78, 5) is 8.66. The van der Waals surface area contributed by atoms with E-state index in [1.807, 2.05) is 30.7 Å². The van der Waals surface area contributed by atoms with Crippen LogP contribution in [0.2, 0.25) is 0 Å². The third kappa shape index (κ3) is 3.65. The molecule has 0 unspecified atom stereocenters. The van der Waals surface area contributed by atoms with Crippen molar-refractivity contribution in [3.63, 3.8) is 0 Å². The third-order valence-corrected chi connectivity index (χ3v) is 3.44. The molecule has 0 radical (unpaired) electrons. The molecule has 0 aliphatic carbocycles. The molecule has 0 saturated heterocycles. The van der Waals surface area contributed by atoms with Crippen LogP contribution in [0.1, 0.15) is 35.8 Å². The Kier molecular flexibility index (Phi) is 4.52. The number of rotatable bonds is 6. The van der Waals surface area contributed by atoms with Crippen molar-refractivity contribution in [1.29, 1.82) is 0 Å². The molecule has 0 fully saturated rings. The van der Waals surface area contributed by atoms with Crippen LogP contribution >= 0.6 is 0 Å². The van der Waals surface area contributed by atoms with E-state index in [-0.39, 0.29) is 0 Å². The highest BCUT2D eigenvalue weighted by molar-refractivity contribution is 5.34. The molecule has 1 aromatic carbocycles. The van der Waals surface area contributed by atoms with Gasteiger partial charge in [-0.05, 0) is 26.0 Å². The average molecular weight is 312 g/mol. The van der Waals surface area contributed by atoms with Gasteiger partial charge in [0, 0.05) is 6.42 Å². The fraction of sp³-hybridized carbons (Fsp3) is 0.353. The Balaban J connectivity index is 1.75. The van der Waals surface area contributed by atoms with Crippen LogP contribution in [-0.4, -0.2) is 19.7 Å². The van der Waals surface area contributed by atoms with Crippen LogP contribution in [0.4, 0.5) is 0 Å². The first kappa shape index (κ1) is 15.4. The van der Waals surface area contributed by atoms with Gasteiger partial charge in [-0.15, -0.1) is 0 Å². The van der Waals surface area contributed by atoms with Crippen LogP contribution in [0, 0.1) is 13.8 Å². The number of aryl methyl sites for hydroxylation is 3. The van der Waals surface area contributed by atoms with Gasteiger partial charge >= 0.3 is 0 Å². The van der Waals surface area contributed by atoms with Crippen molar-refractivity contribution in [2.24, 2.45) is 0 Å². The quantitative estimate of drug-likeness (QED) is 0.699. The average Bonchev–Trinajstić information content (AvgIpc) is 3.15. The lowest BCUT2D eigenvalue weighted by Crippen LogP contribution is -2.05. The Bertz CT molecular complexity index is 774. The second-order valence-electron chi connectivity index (χ2n) is 5.40. The predicted octanol–water partition coefficient (Wildman–Crippen LogP) is 3.15. The summed E-state index contributed by atoms with van der Waals surface area (Å²) in [7, 11) is 0. The zero-order valence-corrected chi connectivity index (χ0v) is 13.6. The van der Waals surface area contributed by atoms with Crippen LogP contribution in [0.3, 0.4) is 0 Å². The second-order valence-corrected chi connectivity index (χ2v) is 5.40. The van der Waals surface area contributed by atoms with E-state index < -0.39 is 0 Å². The highest BCUT2D eigenvalue weighted by Gasteiger charge is 2.11. The summed E-state index contributed by atoms with van der Waals surface area (Å²) in [6.45, 7) is 6.62. The maximum Gasteiger partial charge on any atom is 0.220 e. The number of benzene rings is 1. The monoisotopic (exact) mass is 312 g/mol. The van der Waals surface area contributed by atoms with Crippen molar-refractivity contribution < 1.29 is 9.15 Å². The molecule has 0 N–H and O–H groups in total. The van der Waals surface area contributed by atoms with E-state index in [4.69, 9.17) is 9.15 Å². The van der Waals surface area contributed by atoms with Crippen molar-refractivity contribution in [2.75, 3.05) is 0 Å². The first-order valence-corrected chi connectivity index (χ1v) is 7.66. The molecule has 23 heavy (non-hydrogen) atoms. The standard InChI is InChI=1S/C17H20N4O2/c1-4-15-19-16(10-22-11-17-18-9-13(3)23-17)21(20-15)14-7-5-12(2)6-8-14/h5-9H,4,10-11H2,1-3H3. The van der Waals surface area contributed by atoms with E-state index in [0.717, 1.165) is 29.5 Å². The maximum absolute atomic E-state index is 5.68. The van der Waals surface area contributed by atoms with Crippen LogP contribution < -0.4 is 0 Å². The Labute approximate surface area is 135 Å². The fourth-order valence-electron chi connectivity index (χ4n) is 2.23. The van der Waals surface area contributed by atoms with E-state index in [1.54, 1.807) is 6.20 Å². The van der Waals surface area contributed by atoms with Gasteiger partial charge in [-0.2, -0.15) is 5.10 Å². The van der Waals surface area contributed by atoms with Gasteiger partial charge < -0.3 is 9.15 Å². The van der Waals surface area contributed by atoms with Gasteiger partial charge in [0.25, 0.3) is 0 Å². The SMILES string of the molecule is CCc1nc(COCc2ncc(C)o2)n(-c2ccc(C)cc2)n1. The Morgan fingerprint density at radius 1 is 1.13 bits per heavy atom. The van der Waals surface area contributed by atoms with E-state index in [2.05, 4.69) is 34.1 Å². The van der Waals surface area contributed by atoms with Crippen LogP contribution in [0.25, 0.3) is 5.69 Å². The lowest BCUT2D eigenvalue weighted by molar-refractivity contribution is 0.0830. The number of nitrogens with zero attached hydrogens (tertiary/aromatic N) is 4. The minimum Gasteiger partial charge on any atom is -0.443 e. The van der Waals surface area contributed by atoms with Gasteiger partial charge in [0.15, 0.2) is 11.6 Å². The van der Waals surface area contributed by atoms with Gasteiger partial charge in [-0.25, -0.2) is 14.6 Å². The van der Waals surface area contributed by atoms with E-state index in [1.165, 1.54) is 5.56 Å². The van der Waals surface area contributed by atoms with Gasteiger partial charge in [-0.1, -0.05) is 24.6 Å². The van der Waals surface area contributed by atoms with Crippen LogP contribution in [-0.2, 0) is 24.4 Å². The van der Waals surface area contributed by atoms with Gasteiger partial charge in [0.1, 0.15) is 19.0 Å². The van der Waals surface area contributed by atoms with Crippen molar-refractivity contribution in [2.45, 2.75) is 40.4 Å². The minimum absolute atomic E-state index is 0.316. The van der Waals surface area contributed by atoms with E-state index >= 15 is 0 Å². The normalized spacial score (nSPS) is 11.1. The summed E-state index contributed by atoms with van der Waals surface area (Å²) >= 11 is 0. The highest BCUT2D eigenvalue weighted by atomic mass is 16.5. The number of hydrogen-bond donors (Lipinski definition) is 0. The first-order valence-electron chi connectivity index (χ1n) is 7.66. The lowest BCUT2D eigenvalue weighted by atomic mass is 10.2. The summed E-state index contributed by atoms with van der Waals surface area (Å²) in [5.41, 5.74) is 2.19. The summed E-state index contributed by atoms with van der Waals surface area (Å²) in [6, 6.07) is 8.18. The number of hydrogen-bond acceptors (Lipinski definition) is 5. The van der Waals surface area contributed by atoms with Crippen molar-refractivity contribution in [3.05, 3.63) is 59.3 Å². The molecule has 2 aromatic heterocycles. The van der Waals surface area contributed by atoms with Crippen molar-refractivity contribution in [1.82, 2.24) is 19.7 Å². The molecule has 0 saturated carbocycles. The molecule has 0 atom stereocenters. The van der Waals surface area contributed by atoms with Crippen molar-refractivity contribution >= 4 is 0 Å². The smallest absolute Gasteiger partial charge is 0.220 e. The summed E-state index contributed by atoms with van der Waals surface area (Å²) in [6.07, 6.45) is 2.47. The van der Waals surface area contributed by atoms with Gasteiger partial charge in [0.2, 0.25) is 5.89 Å². The summed E-state index contributed by atoms with van der Waals surface area (Å²) in [5, 5.41) is 4.54. The maximum atomic E-state index is 5.68. The molecule has 6 nitrogen and oxygen atoms in total. The fourth-order valence-corrected chi connectivity index (χ4v) is 2.23. The molecule has 2 heterocycles. The molecule has 0 aliphatic rings. The molecule has 3 rings (SSSR count). The molecule has 6 heteroatoms. The van der Waals surface area contributed by atoms with E-state index in [9.17, 15) is 0 Å². The number of ether oxygens (including phenoxy) is 1. The Morgan fingerprint density at radius 3 is 2.57 bits per heavy atom. The zero-order valence-electron chi connectivity index (χ0n) is 13.6. The summed E-state index contributed by atoms with van der Waals surface area (Å²) in [5.74, 6) is 2.92. The third-order valence-electron chi connectivity index (χ3n) is 3.44. The van der Waals surface area contributed by atoms with Crippen molar-refractivity contribution in [3.8, 4) is 5.69 Å². The Morgan fingerprint density at radius 2 is 1.91 bits per heavy atom.